The summed E-state index contributed by atoms with van der Waals surface area (Å²) in [7, 11) is 0. The van der Waals surface area contributed by atoms with Crippen molar-refractivity contribution in [3.05, 3.63) is 10.4 Å². The summed E-state index contributed by atoms with van der Waals surface area (Å²) in [6, 6.07) is 0. The number of nitrogens with two attached hydrogens (primary N) is 1. The van der Waals surface area contributed by atoms with Crippen molar-refractivity contribution in [3.63, 3.8) is 0 Å². The van der Waals surface area contributed by atoms with Crippen LogP contribution in [0.15, 0.2) is 0 Å². The number of nitrogen functional groups attached to an aromatic ring is 1. The second-order valence-corrected chi connectivity index (χ2v) is 7.81. The molecule has 1 aliphatic carbocycles. The lowest BCUT2D eigenvalue weighted by Gasteiger charge is -2.34. The van der Waals surface area contributed by atoms with Gasteiger partial charge in [0.05, 0.1) is 14.8 Å². The van der Waals surface area contributed by atoms with Crippen molar-refractivity contribution in [1.29, 1.82) is 0 Å². The summed E-state index contributed by atoms with van der Waals surface area (Å²) in [6.07, 6.45) is 4.91. The van der Waals surface area contributed by atoms with Gasteiger partial charge in [0.25, 0.3) is 0 Å². The van der Waals surface area contributed by atoms with E-state index in [-0.39, 0.29) is 0 Å². The topological polar surface area (TPSA) is 58.3 Å². The van der Waals surface area contributed by atoms with Gasteiger partial charge in [-0.1, -0.05) is 22.6 Å². The molecular formula is C15H20IN5S. The minimum absolute atomic E-state index is 0.421. The van der Waals surface area contributed by atoms with Crippen LogP contribution in [-0.4, -0.2) is 45.6 Å². The van der Waals surface area contributed by atoms with Crippen molar-refractivity contribution in [3.8, 4) is 0 Å². The average molecular weight is 429 g/mol. The van der Waals surface area contributed by atoms with Gasteiger partial charge in [0, 0.05) is 31.1 Å². The molecular weight excluding hydrogens is 409 g/mol. The van der Waals surface area contributed by atoms with Gasteiger partial charge in [-0.2, -0.15) is 4.98 Å². The Balaban J connectivity index is 1.76. The molecule has 0 radical (unpaired) electrons. The zero-order valence-corrected chi connectivity index (χ0v) is 15.5. The van der Waals surface area contributed by atoms with Gasteiger partial charge in [0.1, 0.15) is 0 Å². The van der Waals surface area contributed by atoms with E-state index in [2.05, 4.69) is 42.4 Å². The molecule has 3 heterocycles. The molecule has 7 heteroatoms. The predicted molar refractivity (Wildman–Crippen MR) is 101 cm³/mol. The Morgan fingerprint density at radius 1 is 1.09 bits per heavy atom. The van der Waals surface area contributed by atoms with Crippen molar-refractivity contribution >= 4 is 55.9 Å². The molecule has 0 spiro atoms. The van der Waals surface area contributed by atoms with E-state index in [1.54, 1.807) is 0 Å². The predicted octanol–water partition coefficient (Wildman–Crippen LogP) is 2.67. The molecule has 2 N–H and O–H groups in total. The number of thiophene rings is 1. The molecule has 0 atom stereocenters. The quantitative estimate of drug-likeness (QED) is 0.452. The van der Waals surface area contributed by atoms with Crippen molar-refractivity contribution in [2.24, 2.45) is 0 Å². The Kier molecular flexibility index (Phi) is 4.12. The van der Waals surface area contributed by atoms with Crippen molar-refractivity contribution in [2.75, 3.05) is 41.4 Å². The zero-order chi connectivity index (χ0) is 15.1. The van der Waals surface area contributed by atoms with E-state index in [1.807, 2.05) is 11.3 Å². The van der Waals surface area contributed by atoms with Crippen LogP contribution in [0.1, 0.15) is 23.3 Å². The van der Waals surface area contributed by atoms with Crippen LogP contribution in [0.4, 0.5) is 11.8 Å². The number of aromatic nitrogens is 2. The van der Waals surface area contributed by atoms with Crippen LogP contribution in [0.3, 0.4) is 0 Å². The van der Waals surface area contributed by atoms with Gasteiger partial charge < -0.3 is 10.6 Å². The molecule has 1 fully saturated rings. The molecule has 0 bridgehead atoms. The number of hydrogen-bond donors (Lipinski definition) is 1. The molecule has 2 aromatic rings. The molecule has 22 heavy (non-hydrogen) atoms. The van der Waals surface area contributed by atoms with Crippen LogP contribution in [0.5, 0.6) is 0 Å². The van der Waals surface area contributed by atoms with Crippen LogP contribution in [0.25, 0.3) is 10.2 Å². The molecule has 118 valence electrons. The Hall–Kier alpha value is -0.670. The lowest BCUT2D eigenvalue weighted by Crippen LogP contribution is -2.46. The molecule has 1 aliphatic heterocycles. The van der Waals surface area contributed by atoms with Gasteiger partial charge in [-0.3, -0.25) is 4.90 Å². The molecule has 0 unspecified atom stereocenters. The van der Waals surface area contributed by atoms with E-state index >= 15 is 0 Å². The highest BCUT2D eigenvalue weighted by atomic mass is 127. The lowest BCUT2D eigenvalue weighted by molar-refractivity contribution is 0.306. The Labute approximate surface area is 148 Å². The molecule has 4 rings (SSSR count). The number of hydrogen-bond acceptors (Lipinski definition) is 6. The third-order valence-electron chi connectivity index (χ3n) is 4.63. The molecule has 0 aromatic carbocycles. The van der Waals surface area contributed by atoms with Gasteiger partial charge in [-0.15, -0.1) is 11.3 Å². The van der Waals surface area contributed by atoms with Gasteiger partial charge in [-0.25, -0.2) is 4.98 Å². The first-order valence-electron chi connectivity index (χ1n) is 7.87. The summed E-state index contributed by atoms with van der Waals surface area (Å²) < 4.78 is 2.35. The van der Waals surface area contributed by atoms with Crippen LogP contribution in [0, 0.1) is 0 Å². The fourth-order valence-corrected chi connectivity index (χ4v) is 5.44. The summed E-state index contributed by atoms with van der Waals surface area (Å²) in [4.78, 5) is 15.5. The number of halogens is 1. The Morgan fingerprint density at radius 2 is 1.86 bits per heavy atom. The number of aryl methyl sites for hydroxylation is 2. The monoisotopic (exact) mass is 429 g/mol. The van der Waals surface area contributed by atoms with E-state index in [1.165, 1.54) is 34.4 Å². The molecule has 0 amide bonds. The Morgan fingerprint density at radius 3 is 2.64 bits per heavy atom. The largest absolute Gasteiger partial charge is 0.368 e. The minimum Gasteiger partial charge on any atom is -0.368 e. The van der Waals surface area contributed by atoms with Crippen LogP contribution in [0.2, 0.25) is 0 Å². The first-order chi connectivity index (χ1) is 10.8. The van der Waals surface area contributed by atoms with Gasteiger partial charge in [0.15, 0.2) is 5.82 Å². The van der Waals surface area contributed by atoms with E-state index < -0.39 is 0 Å². The fraction of sp³-hybridized carbons (Fsp3) is 0.600. The maximum absolute atomic E-state index is 6.02. The molecule has 1 saturated heterocycles. The smallest absolute Gasteiger partial charge is 0.222 e. The zero-order valence-electron chi connectivity index (χ0n) is 12.5. The van der Waals surface area contributed by atoms with Gasteiger partial charge >= 0.3 is 0 Å². The number of rotatable bonds is 2. The maximum atomic E-state index is 6.02. The van der Waals surface area contributed by atoms with Crippen LogP contribution >= 0.6 is 33.9 Å². The van der Waals surface area contributed by atoms with E-state index in [9.17, 15) is 0 Å². The normalized spacial score (nSPS) is 19.6. The van der Waals surface area contributed by atoms with Crippen molar-refractivity contribution < 1.29 is 0 Å². The van der Waals surface area contributed by atoms with Crippen LogP contribution < -0.4 is 10.6 Å². The Bertz CT molecular complexity index is 693. The third kappa shape index (κ3) is 2.56. The second-order valence-electron chi connectivity index (χ2n) is 6.02. The highest BCUT2D eigenvalue weighted by molar-refractivity contribution is 14.1. The molecule has 2 aromatic heterocycles. The summed E-state index contributed by atoms with van der Waals surface area (Å²) in [5, 5.41) is 0. The summed E-state index contributed by atoms with van der Waals surface area (Å²) in [5.41, 5.74) is 8.58. The highest BCUT2D eigenvalue weighted by Gasteiger charge is 2.24. The fourth-order valence-electron chi connectivity index (χ4n) is 3.41. The lowest BCUT2D eigenvalue weighted by atomic mass is 9.98. The standard InChI is InChI=1S/C15H20IN5S/c16-9-20-5-7-21(8-6-20)14-13-12(18-15(17)19-14)10-3-1-2-4-11(10)22-13/h1-9H2,(H2,17,18,19). The maximum Gasteiger partial charge on any atom is 0.222 e. The summed E-state index contributed by atoms with van der Waals surface area (Å²) >= 11 is 4.33. The van der Waals surface area contributed by atoms with E-state index in [0.717, 1.165) is 48.5 Å². The number of nitrogens with zero attached hydrogens (tertiary/aromatic N) is 4. The average Bonchev–Trinajstić information content (AvgIpc) is 2.93. The van der Waals surface area contributed by atoms with E-state index in [4.69, 9.17) is 5.73 Å². The number of fused-ring (bicyclic) bond motifs is 3. The molecule has 2 aliphatic rings. The molecule has 5 nitrogen and oxygen atoms in total. The first-order valence-corrected chi connectivity index (χ1v) is 10.2. The minimum atomic E-state index is 0.421. The number of anilines is 2. The second kappa shape index (κ2) is 6.09. The first kappa shape index (κ1) is 14.9. The third-order valence-corrected chi connectivity index (χ3v) is 6.88. The SMILES string of the molecule is Nc1nc(N2CCN(CI)CC2)c2sc3c(c2n1)CCCC3. The van der Waals surface area contributed by atoms with Crippen molar-refractivity contribution in [1.82, 2.24) is 14.9 Å². The van der Waals surface area contributed by atoms with Crippen molar-refractivity contribution in [2.45, 2.75) is 25.7 Å². The summed E-state index contributed by atoms with van der Waals surface area (Å²) in [5.74, 6) is 1.49. The van der Waals surface area contributed by atoms with Gasteiger partial charge in [-0.05, 0) is 31.2 Å². The molecule has 0 saturated carbocycles. The summed E-state index contributed by atoms with van der Waals surface area (Å²) in [6.45, 7) is 4.24. The van der Waals surface area contributed by atoms with Gasteiger partial charge in [0.2, 0.25) is 5.95 Å². The number of alkyl halides is 1. The van der Waals surface area contributed by atoms with E-state index in [0.29, 0.717) is 5.95 Å². The highest BCUT2D eigenvalue weighted by Crippen LogP contribution is 2.39. The number of piperazine rings is 1. The van der Waals surface area contributed by atoms with Crippen LogP contribution in [-0.2, 0) is 12.8 Å².